The number of hydrogen-bond donors (Lipinski definition) is 1. The molecule has 0 aliphatic heterocycles. The normalized spacial score (nSPS) is 29.6. The van der Waals surface area contributed by atoms with Crippen molar-refractivity contribution < 1.29 is 9.18 Å². The largest absolute Gasteiger partial charge is 0.349 e. The number of hydrogen-bond acceptors (Lipinski definition) is 1. The molecule has 1 aromatic rings. The molecule has 2 aliphatic rings. The second kappa shape index (κ2) is 4.65. The van der Waals surface area contributed by atoms with Crippen LogP contribution < -0.4 is 5.32 Å². The van der Waals surface area contributed by atoms with Crippen molar-refractivity contribution in [3.63, 3.8) is 0 Å². The van der Waals surface area contributed by atoms with Gasteiger partial charge in [-0.25, -0.2) is 4.39 Å². The van der Waals surface area contributed by atoms with Gasteiger partial charge in [0.25, 0.3) is 5.91 Å². The lowest BCUT2D eigenvalue weighted by Gasteiger charge is -2.23. The van der Waals surface area contributed by atoms with E-state index in [4.69, 9.17) is 0 Å². The van der Waals surface area contributed by atoms with Gasteiger partial charge >= 0.3 is 0 Å². The van der Waals surface area contributed by atoms with Crippen LogP contribution in [0, 0.1) is 17.7 Å². The number of nitrogens with one attached hydrogen (secondary N) is 1. The van der Waals surface area contributed by atoms with Gasteiger partial charge in [-0.05, 0) is 59.2 Å². The number of amides is 1. The van der Waals surface area contributed by atoms with Crippen molar-refractivity contribution in [3.8, 4) is 0 Å². The van der Waals surface area contributed by atoms with E-state index in [-0.39, 0.29) is 16.4 Å². The lowest BCUT2D eigenvalue weighted by Crippen LogP contribution is -2.38. The van der Waals surface area contributed by atoms with E-state index in [2.05, 4.69) is 21.2 Å². The first kappa shape index (κ1) is 12.2. The third-order valence-electron chi connectivity index (χ3n) is 4.25. The van der Waals surface area contributed by atoms with E-state index in [9.17, 15) is 9.18 Å². The highest BCUT2D eigenvalue weighted by molar-refractivity contribution is 9.10. The van der Waals surface area contributed by atoms with Crippen LogP contribution in [0.15, 0.2) is 22.7 Å². The summed E-state index contributed by atoms with van der Waals surface area (Å²) in [6.45, 7) is 0. The van der Waals surface area contributed by atoms with Crippen LogP contribution in [0.2, 0.25) is 0 Å². The molecule has 4 heteroatoms. The Labute approximate surface area is 114 Å². The molecule has 3 rings (SSSR count). The average Bonchev–Trinajstić information content (AvgIpc) is 2.94. The molecule has 2 nitrogen and oxygen atoms in total. The maximum atomic E-state index is 13.4. The van der Waals surface area contributed by atoms with Gasteiger partial charge < -0.3 is 5.32 Å². The molecule has 18 heavy (non-hydrogen) atoms. The zero-order valence-electron chi connectivity index (χ0n) is 9.96. The third-order valence-corrected chi connectivity index (χ3v) is 5.06. The predicted octanol–water partition coefficient (Wildman–Crippen LogP) is 3.51. The Morgan fingerprint density at radius 3 is 2.83 bits per heavy atom. The third kappa shape index (κ3) is 2.07. The first-order chi connectivity index (χ1) is 8.65. The summed E-state index contributed by atoms with van der Waals surface area (Å²) in [5.41, 5.74) is 0.387. The van der Waals surface area contributed by atoms with Crippen LogP contribution in [0.25, 0.3) is 0 Å². The lowest BCUT2D eigenvalue weighted by molar-refractivity contribution is 0.0921. The summed E-state index contributed by atoms with van der Waals surface area (Å²) in [5.74, 6) is 0.858. The van der Waals surface area contributed by atoms with Crippen LogP contribution in [0.5, 0.6) is 0 Å². The number of carbonyl (C=O) groups excluding carboxylic acids is 1. The molecule has 2 bridgehead atoms. The highest BCUT2D eigenvalue weighted by Crippen LogP contribution is 2.44. The molecular weight excluding hydrogens is 297 g/mol. The molecule has 0 heterocycles. The van der Waals surface area contributed by atoms with Crippen LogP contribution in [-0.4, -0.2) is 11.9 Å². The first-order valence-electron chi connectivity index (χ1n) is 6.40. The van der Waals surface area contributed by atoms with Crippen LogP contribution in [-0.2, 0) is 0 Å². The van der Waals surface area contributed by atoms with E-state index in [1.807, 2.05) is 0 Å². The fourth-order valence-electron chi connectivity index (χ4n) is 3.35. The Bertz CT molecular complexity index is 491. The standard InChI is InChI=1S/C14H15BrFNO/c15-13-10(2-1-3-11(13)16)14(18)17-12-7-8-4-5-9(12)6-8/h1-3,8-9,12H,4-7H2,(H,17,18). The maximum Gasteiger partial charge on any atom is 0.252 e. The minimum absolute atomic E-state index is 0.168. The fourth-order valence-corrected chi connectivity index (χ4v) is 3.79. The van der Waals surface area contributed by atoms with Crippen LogP contribution in [0.1, 0.15) is 36.0 Å². The summed E-state index contributed by atoms with van der Waals surface area (Å²) >= 11 is 3.14. The summed E-state index contributed by atoms with van der Waals surface area (Å²) in [6, 6.07) is 4.84. The Hall–Kier alpha value is -0.900. The van der Waals surface area contributed by atoms with Crippen molar-refractivity contribution in [2.75, 3.05) is 0 Å². The Morgan fingerprint density at radius 1 is 1.33 bits per heavy atom. The molecule has 2 saturated carbocycles. The van der Waals surface area contributed by atoms with Crippen molar-refractivity contribution in [1.82, 2.24) is 5.32 Å². The van der Waals surface area contributed by atoms with Crippen molar-refractivity contribution in [1.29, 1.82) is 0 Å². The summed E-state index contributed by atoms with van der Waals surface area (Å²) in [6.07, 6.45) is 4.86. The summed E-state index contributed by atoms with van der Waals surface area (Å²) in [7, 11) is 0. The lowest BCUT2D eigenvalue weighted by atomic mass is 9.95. The molecule has 0 radical (unpaired) electrons. The number of benzene rings is 1. The molecular formula is C14H15BrFNO. The highest BCUT2D eigenvalue weighted by Gasteiger charge is 2.40. The van der Waals surface area contributed by atoms with Gasteiger partial charge in [0.2, 0.25) is 0 Å². The molecule has 1 aromatic carbocycles. The van der Waals surface area contributed by atoms with E-state index in [0.29, 0.717) is 11.5 Å². The average molecular weight is 312 g/mol. The summed E-state index contributed by atoms with van der Waals surface area (Å²) in [4.78, 5) is 12.1. The first-order valence-corrected chi connectivity index (χ1v) is 7.19. The van der Waals surface area contributed by atoms with Gasteiger partial charge in [-0.3, -0.25) is 4.79 Å². The Balaban J connectivity index is 1.73. The molecule has 0 aromatic heterocycles. The van der Waals surface area contributed by atoms with Crippen LogP contribution in [0.4, 0.5) is 4.39 Å². The molecule has 1 amide bonds. The Morgan fingerprint density at radius 2 is 2.17 bits per heavy atom. The van der Waals surface area contributed by atoms with Crippen LogP contribution in [0.3, 0.4) is 0 Å². The molecule has 3 unspecified atom stereocenters. The number of carbonyl (C=O) groups is 1. The molecule has 3 atom stereocenters. The molecule has 96 valence electrons. The van der Waals surface area contributed by atoms with Gasteiger partial charge in [-0.1, -0.05) is 12.5 Å². The van der Waals surface area contributed by atoms with Gasteiger partial charge in [-0.2, -0.15) is 0 Å². The highest BCUT2D eigenvalue weighted by atomic mass is 79.9. The minimum Gasteiger partial charge on any atom is -0.349 e. The van der Waals surface area contributed by atoms with E-state index in [0.717, 1.165) is 12.3 Å². The predicted molar refractivity (Wildman–Crippen MR) is 70.8 cm³/mol. The van der Waals surface area contributed by atoms with Gasteiger partial charge in [0.05, 0.1) is 10.0 Å². The van der Waals surface area contributed by atoms with E-state index in [1.54, 1.807) is 12.1 Å². The van der Waals surface area contributed by atoms with Crippen molar-refractivity contribution in [3.05, 3.63) is 34.1 Å². The van der Waals surface area contributed by atoms with E-state index >= 15 is 0 Å². The van der Waals surface area contributed by atoms with Gasteiger partial charge in [0, 0.05) is 6.04 Å². The summed E-state index contributed by atoms with van der Waals surface area (Å²) < 4.78 is 13.6. The van der Waals surface area contributed by atoms with Crippen molar-refractivity contribution >= 4 is 21.8 Å². The van der Waals surface area contributed by atoms with Gasteiger partial charge in [0.1, 0.15) is 5.82 Å². The molecule has 1 N–H and O–H groups in total. The van der Waals surface area contributed by atoms with Crippen molar-refractivity contribution in [2.24, 2.45) is 11.8 Å². The molecule has 2 fully saturated rings. The smallest absolute Gasteiger partial charge is 0.252 e. The molecule has 0 saturated heterocycles. The second-order valence-corrected chi connectivity index (χ2v) is 6.15. The van der Waals surface area contributed by atoms with Crippen molar-refractivity contribution in [2.45, 2.75) is 31.7 Å². The molecule has 0 spiro atoms. The zero-order chi connectivity index (χ0) is 12.7. The zero-order valence-corrected chi connectivity index (χ0v) is 11.5. The minimum atomic E-state index is -0.393. The van der Waals surface area contributed by atoms with E-state index in [1.165, 1.54) is 25.3 Å². The number of rotatable bonds is 2. The van der Waals surface area contributed by atoms with E-state index < -0.39 is 5.82 Å². The Kier molecular flexibility index (Phi) is 3.14. The summed E-state index contributed by atoms with van der Waals surface area (Å²) in [5, 5.41) is 3.06. The fraction of sp³-hybridized carbons (Fsp3) is 0.500. The quantitative estimate of drug-likeness (QED) is 0.889. The topological polar surface area (TPSA) is 29.1 Å². The maximum absolute atomic E-state index is 13.4. The van der Waals surface area contributed by atoms with Gasteiger partial charge in [0.15, 0.2) is 0 Å². The monoisotopic (exact) mass is 311 g/mol. The number of fused-ring (bicyclic) bond motifs is 2. The number of halogens is 2. The molecule has 2 aliphatic carbocycles. The van der Waals surface area contributed by atoms with Crippen LogP contribution >= 0.6 is 15.9 Å². The SMILES string of the molecule is O=C(NC1CC2CCC1C2)c1cccc(F)c1Br. The van der Waals surface area contributed by atoms with Gasteiger partial charge in [-0.15, -0.1) is 0 Å². The second-order valence-electron chi connectivity index (χ2n) is 5.36.